The first kappa shape index (κ1) is 12.2. The third-order valence-corrected chi connectivity index (χ3v) is 3.38. The number of aliphatic hydroxyl groups excluding tert-OH is 1. The predicted molar refractivity (Wildman–Crippen MR) is 69.5 cm³/mol. The van der Waals surface area contributed by atoms with Crippen LogP contribution in [-0.4, -0.2) is 29.2 Å². The Morgan fingerprint density at radius 1 is 1.35 bits per heavy atom. The van der Waals surface area contributed by atoms with Crippen LogP contribution in [0.5, 0.6) is 0 Å². The third kappa shape index (κ3) is 2.88. The van der Waals surface area contributed by atoms with Gasteiger partial charge in [0, 0.05) is 25.6 Å². The van der Waals surface area contributed by atoms with E-state index in [0.29, 0.717) is 0 Å². The van der Waals surface area contributed by atoms with Gasteiger partial charge in [-0.15, -0.1) is 11.8 Å². The largest absolute Gasteiger partial charge is 0.395 e. The summed E-state index contributed by atoms with van der Waals surface area (Å²) in [5, 5.41) is 9.47. The summed E-state index contributed by atoms with van der Waals surface area (Å²) in [5.41, 5.74) is 2.77. The molecule has 1 aromatic carbocycles. The van der Waals surface area contributed by atoms with Gasteiger partial charge in [0.15, 0.2) is 0 Å². The van der Waals surface area contributed by atoms with Crippen LogP contribution in [0.2, 0.25) is 0 Å². The number of hydrogen-bond acceptors (Lipinski definition) is 2. The Bertz CT molecular complexity index is 430. The SMILES string of the molecule is CC#CCCN1Cc2ccccc2C[C@H]1CO. The lowest BCUT2D eigenvalue weighted by Gasteiger charge is -2.35. The van der Waals surface area contributed by atoms with Crippen LogP contribution in [0.25, 0.3) is 0 Å². The number of rotatable bonds is 3. The molecule has 0 aromatic heterocycles. The molecule has 0 unspecified atom stereocenters. The Hall–Kier alpha value is -1.30. The van der Waals surface area contributed by atoms with E-state index in [4.69, 9.17) is 0 Å². The first-order valence-corrected chi connectivity index (χ1v) is 6.16. The minimum atomic E-state index is 0.230. The van der Waals surface area contributed by atoms with E-state index in [0.717, 1.165) is 25.9 Å². The molecule has 0 saturated carbocycles. The molecule has 0 fully saturated rings. The second-order valence-corrected chi connectivity index (χ2v) is 4.46. The lowest BCUT2D eigenvalue weighted by molar-refractivity contribution is 0.108. The quantitative estimate of drug-likeness (QED) is 0.799. The zero-order chi connectivity index (χ0) is 12.1. The molecule has 0 spiro atoms. The van der Waals surface area contributed by atoms with Crippen molar-refractivity contribution in [1.29, 1.82) is 0 Å². The zero-order valence-corrected chi connectivity index (χ0v) is 10.3. The highest BCUT2D eigenvalue weighted by atomic mass is 16.3. The lowest BCUT2D eigenvalue weighted by atomic mass is 9.94. The predicted octanol–water partition coefficient (Wildman–Crippen LogP) is 1.82. The molecular formula is C15H19NO. The molecule has 90 valence electrons. The summed E-state index contributed by atoms with van der Waals surface area (Å²) in [4.78, 5) is 2.34. The second-order valence-electron chi connectivity index (χ2n) is 4.46. The van der Waals surface area contributed by atoms with Crippen LogP contribution in [0, 0.1) is 11.8 Å². The fraction of sp³-hybridized carbons (Fsp3) is 0.467. The maximum atomic E-state index is 9.47. The average molecular weight is 229 g/mol. The van der Waals surface area contributed by atoms with E-state index in [1.54, 1.807) is 0 Å². The Morgan fingerprint density at radius 2 is 2.12 bits per heavy atom. The number of hydrogen-bond donors (Lipinski definition) is 1. The molecule has 2 nitrogen and oxygen atoms in total. The molecular weight excluding hydrogens is 210 g/mol. The van der Waals surface area contributed by atoms with E-state index in [1.807, 2.05) is 6.92 Å². The summed E-state index contributed by atoms with van der Waals surface area (Å²) in [6.07, 6.45) is 1.83. The van der Waals surface area contributed by atoms with Crippen molar-refractivity contribution in [3.05, 3.63) is 35.4 Å². The van der Waals surface area contributed by atoms with Gasteiger partial charge in [-0.25, -0.2) is 0 Å². The molecule has 0 aliphatic carbocycles. The van der Waals surface area contributed by atoms with Gasteiger partial charge in [-0.3, -0.25) is 4.90 Å². The molecule has 1 heterocycles. The van der Waals surface area contributed by atoms with E-state index in [2.05, 4.69) is 41.0 Å². The standard InChI is InChI=1S/C15H19NO/c1-2-3-6-9-16-11-14-8-5-4-7-13(14)10-15(16)12-17/h4-5,7-8,15,17H,6,9-12H2,1H3/t15-/m0/s1. The second kappa shape index (κ2) is 5.86. The fourth-order valence-corrected chi connectivity index (χ4v) is 2.41. The van der Waals surface area contributed by atoms with Crippen molar-refractivity contribution in [2.45, 2.75) is 32.4 Å². The molecule has 2 heteroatoms. The van der Waals surface area contributed by atoms with Crippen molar-refractivity contribution in [3.63, 3.8) is 0 Å². The Labute approximate surface area is 103 Å². The van der Waals surface area contributed by atoms with Crippen molar-refractivity contribution in [2.75, 3.05) is 13.2 Å². The van der Waals surface area contributed by atoms with Gasteiger partial charge in [-0.1, -0.05) is 24.3 Å². The molecule has 1 aliphatic rings. The van der Waals surface area contributed by atoms with Gasteiger partial charge in [0.1, 0.15) is 0 Å². The van der Waals surface area contributed by atoms with Gasteiger partial charge >= 0.3 is 0 Å². The smallest absolute Gasteiger partial charge is 0.0590 e. The molecule has 1 aliphatic heterocycles. The van der Waals surface area contributed by atoms with E-state index in [-0.39, 0.29) is 12.6 Å². The Kier molecular flexibility index (Phi) is 4.19. The number of benzene rings is 1. The Balaban J connectivity index is 2.09. The van der Waals surface area contributed by atoms with Crippen LogP contribution in [0.4, 0.5) is 0 Å². The molecule has 0 saturated heterocycles. The Morgan fingerprint density at radius 3 is 2.82 bits per heavy atom. The highest BCUT2D eigenvalue weighted by molar-refractivity contribution is 5.30. The van der Waals surface area contributed by atoms with Crippen molar-refractivity contribution in [1.82, 2.24) is 4.90 Å². The van der Waals surface area contributed by atoms with Crippen molar-refractivity contribution >= 4 is 0 Å². The molecule has 2 rings (SSSR count). The van der Waals surface area contributed by atoms with E-state index >= 15 is 0 Å². The maximum Gasteiger partial charge on any atom is 0.0590 e. The van der Waals surface area contributed by atoms with Crippen LogP contribution in [0.15, 0.2) is 24.3 Å². The molecule has 1 atom stereocenters. The number of aliphatic hydroxyl groups is 1. The van der Waals surface area contributed by atoms with Crippen LogP contribution in [-0.2, 0) is 13.0 Å². The maximum absolute atomic E-state index is 9.47. The van der Waals surface area contributed by atoms with Gasteiger partial charge < -0.3 is 5.11 Å². The van der Waals surface area contributed by atoms with Gasteiger partial charge in [0.25, 0.3) is 0 Å². The van der Waals surface area contributed by atoms with Crippen molar-refractivity contribution < 1.29 is 5.11 Å². The van der Waals surface area contributed by atoms with Crippen LogP contribution in [0.1, 0.15) is 24.5 Å². The summed E-state index contributed by atoms with van der Waals surface area (Å²) < 4.78 is 0. The molecule has 0 amide bonds. The van der Waals surface area contributed by atoms with E-state index in [9.17, 15) is 5.11 Å². The normalized spacial score (nSPS) is 19.3. The highest BCUT2D eigenvalue weighted by Crippen LogP contribution is 2.22. The van der Waals surface area contributed by atoms with Gasteiger partial charge in [-0.05, 0) is 24.5 Å². The summed E-state index contributed by atoms with van der Waals surface area (Å²) in [6.45, 7) is 3.98. The molecule has 0 radical (unpaired) electrons. The number of fused-ring (bicyclic) bond motifs is 1. The summed E-state index contributed by atoms with van der Waals surface area (Å²) in [7, 11) is 0. The zero-order valence-electron chi connectivity index (χ0n) is 10.3. The third-order valence-electron chi connectivity index (χ3n) is 3.38. The van der Waals surface area contributed by atoms with E-state index < -0.39 is 0 Å². The average Bonchev–Trinajstić information content (AvgIpc) is 2.38. The molecule has 1 aromatic rings. The summed E-state index contributed by atoms with van der Waals surface area (Å²) >= 11 is 0. The fourth-order valence-electron chi connectivity index (χ4n) is 2.41. The molecule has 0 bridgehead atoms. The van der Waals surface area contributed by atoms with Crippen molar-refractivity contribution in [3.8, 4) is 11.8 Å². The van der Waals surface area contributed by atoms with Crippen molar-refractivity contribution in [2.24, 2.45) is 0 Å². The minimum absolute atomic E-state index is 0.230. The highest BCUT2D eigenvalue weighted by Gasteiger charge is 2.24. The van der Waals surface area contributed by atoms with Gasteiger partial charge in [0.2, 0.25) is 0 Å². The van der Waals surface area contributed by atoms with Gasteiger partial charge in [0.05, 0.1) is 6.61 Å². The minimum Gasteiger partial charge on any atom is -0.395 e. The topological polar surface area (TPSA) is 23.5 Å². The first-order valence-electron chi connectivity index (χ1n) is 6.16. The van der Waals surface area contributed by atoms with Gasteiger partial charge in [-0.2, -0.15) is 0 Å². The van der Waals surface area contributed by atoms with Crippen LogP contribution < -0.4 is 0 Å². The van der Waals surface area contributed by atoms with Crippen LogP contribution in [0.3, 0.4) is 0 Å². The first-order chi connectivity index (χ1) is 8.35. The van der Waals surface area contributed by atoms with Crippen LogP contribution >= 0.6 is 0 Å². The van der Waals surface area contributed by atoms with E-state index in [1.165, 1.54) is 11.1 Å². The lowest BCUT2D eigenvalue weighted by Crippen LogP contribution is -2.43. The monoisotopic (exact) mass is 229 g/mol. The molecule has 1 N–H and O–H groups in total. The molecule has 17 heavy (non-hydrogen) atoms. The summed E-state index contributed by atoms with van der Waals surface area (Å²) in [5.74, 6) is 6.01. The number of nitrogens with zero attached hydrogens (tertiary/aromatic N) is 1. The summed E-state index contributed by atoms with van der Waals surface area (Å²) in [6, 6.07) is 8.76.